The number of ether oxygens (including phenoxy) is 1. The van der Waals surface area contributed by atoms with E-state index in [1.165, 1.54) is 0 Å². The van der Waals surface area contributed by atoms with Gasteiger partial charge in [0.2, 0.25) is 0 Å². The molecule has 4 aromatic rings. The Bertz CT molecular complexity index is 1290. The minimum absolute atomic E-state index is 0.379. The number of fused-ring (bicyclic) bond motifs is 1. The standard InChI is InChI=1S/C24H25N7O/c1-16(2)15-32-21-8-22(24-19(9-25)11-27-31(24)14-21)18-4-5-23(26-10-18)29-12-20(13-29)30-7-6-17(3)28-30/h4-8,10-11,14,16,20H,12-13,15H2,1-3H3. The van der Waals surface area contributed by atoms with E-state index in [1.54, 1.807) is 10.7 Å². The van der Waals surface area contributed by atoms with Crippen LogP contribution in [0, 0.1) is 24.2 Å². The van der Waals surface area contributed by atoms with Gasteiger partial charge in [-0.05, 0) is 37.1 Å². The molecule has 1 fully saturated rings. The molecule has 8 heteroatoms. The van der Waals surface area contributed by atoms with Crippen molar-refractivity contribution in [1.82, 2.24) is 24.4 Å². The highest BCUT2D eigenvalue weighted by molar-refractivity contribution is 5.85. The highest BCUT2D eigenvalue weighted by Gasteiger charge is 2.29. The average molecular weight is 428 g/mol. The molecule has 5 heterocycles. The van der Waals surface area contributed by atoms with Gasteiger partial charge in [0.1, 0.15) is 17.6 Å². The van der Waals surface area contributed by atoms with E-state index in [4.69, 9.17) is 9.72 Å². The summed E-state index contributed by atoms with van der Waals surface area (Å²) in [4.78, 5) is 6.94. The SMILES string of the molecule is Cc1ccn(C2CN(c3ccc(-c4cc(OCC(C)C)cn5ncc(C#N)c45)cn3)C2)n1. The van der Waals surface area contributed by atoms with Crippen LogP contribution in [0.25, 0.3) is 16.6 Å². The van der Waals surface area contributed by atoms with E-state index in [9.17, 15) is 5.26 Å². The molecule has 0 atom stereocenters. The van der Waals surface area contributed by atoms with Crippen molar-refractivity contribution in [3.05, 3.63) is 60.3 Å². The molecule has 4 aromatic heterocycles. The van der Waals surface area contributed by atoms with Gasteiger partial charge in [0.05, 0.1) is 41.8 Å². The van der Waals surface area contributed by atoms with Gasteiger partial charge in [-0.25, -0.2) is 9.50 Å². The van der Waals surface area contributed by atoms with E-state index >= 15 is 0 Å². The van der Waals surface area contributed by atoms with Crippen molar-refractivity contribution in [1.29, 1.82) is 5.26 Å². The molecule has 0 amide bonds. The van der Waals surface area contributed by atoms with Gasteiger partial charge in [-0.3, -0.25) is 4.68 Å². The lowest BCUT2D eigenvalue weighted by atomic mass is 10.0. The van der Waals surface area contributed by atoms with Gasteiger partial charge in [0, 0.05) is 36.6 Å². The first-order valence-corrected chi connectivity index (χ1v) is 10.8. The fourth-order valence-corrected chi connectivity index (χ4v) is 3.92. The van der Waals surface area contributed by atoms with Crippen molar-refractivity contribution in [2.24, 2.45) is 5.92 Å². The monoisotopic (exact) mass is 427 g/mol. The van der Waals surface area contributed by atoms with Crippen molar-refractivity contribution in [3.8, 4) is 22.9 Å². The first-order chi connectivity index (χ1) is 15.5. The lowest BCUT2D eigenvalue weighted by Gasteiger charge is -2.40. The molecule has 0 bridgehead atoms. The molecule has 5 rings (SSSR count). The molecule has 0 radical (unpaired) electrons. The van der Waals surface area contributed by atoms with Gasteiger partial charge in [0.15, 0.2) is 0 Å². The molecule has 0 spiro atoms. The summed E-state index contributed by atoms with van der Waals surface area (Å²) in [5, 5.41) is 18.4. The van der Waals surface area contributed by atoms with Gasteiger partial charge in [-0.15, -0.1) is 0 Å². The molecule has 0 saturated carbocycles. The third kappa shape index (κ3) is 3.66. The summed E-state index contributed by atoms with van der Waals surface area (Å²) in [5.74, 6) is 2.07. The first kappa shape index (κ1) is 20.1. The fraction of sp³-hybridized carbons (Fsp3) is 0.333. The predicted octanol–water partition coefficient (Wildman–Crippen LogP) is 3.87. The fourth-order valence-electron chi connectivity index (χ4n) is 3.92. The van der Waals surface area contributed by atoms with Crippen molar-refractivity contribution < 1.29 is 4.74 Å². The second-order valence-corrected chi connectivity index (χ2v) is 8.66. The van der Waals surface area contributed by atoms with E-state index in [0.717, 1.165) is 47.0 Å². The van der Waals surface area contributed by atoms with Crippen LogP contribution in [0.3, 0.4) is 0 Å². The third-order valence-electron chi connectivity index (χ3n) is 5.65. The summed E-state index contributed by atoms with van der Waals surface area (Å²) in [6.07, 6.45) is 7.30. The molecular formula is C24H25N7O. The maximum atomic E-state index is 9.55. The Morgan fingerprint density at radius 2 is 2.06 bits per heavy atom. The molecule has 0 aromatic carbocycles. The smallest absolute Gasteiger partial charge is 0.138 e. The molecule has 0 aliphatic carbocycles. The number of hydrogen-bond acceptors (Lipinski definition) is 6. The largest absolute Gasteiger partial charge is 0.492 e. The van der Waals surface area contributed by atoms with Crippen molar-refractivity contribution >= 4 is 11.3 Å². The van der Waals surface area contributed by atoms with Gasteiger partial charge >= 0.3 is 0 Å². The number of aromatic nitrogens is 5. The summed E-state index contributed by atoms with van der Waals surface area (Å²) < 4.78 is 9.69. The Morgan fingerprint density at radius 3 is 2.72 bits per heavy atom. The first-order valence-electron chi connectivity index (χ1n) is 10.8. The summed E-state index contributed by atoms with van der Waals surface area (Å²) in [5.41, 5.74) is 4.13. The Balaban J connectivity index is 1.41. The van der Waals surface area contributed by atoms with Gasteiger partial charge in [-0.1, -0.05) is 13.8 Å². The van der Waals surface area contributed by atoms with E-state index in [0.29, 0.717) is 24.1 Å². The van der Waals surface area contributed by atoms with E-state index in [1.807, 2.05) is 54.5 Å². The molecule has 0 unspecified atom stereocenters. The van der Waals surface area contributed by atoms with Crippen LogP contribution < -0.4 is 9.64 Å². The van der Waals surface area contributed by atoms with Crippen molar-refractivity contribution in [3.63, 3.8) is 0 Å². The zero-order valence-corrected chi connectivity index (χ0v) is 18.4. The number of nitrogens with zero attached hydrogens (tertiary/aromatic N) is 7. The van der Waals surface area contributed by atoms with Crippen LogP contribution in [0.15, 0.2) is 49.1 Å². The Kier molecular flexibility index (Phi) is 5.02. The summed E-state index contributed by atoms with van der Waals surface area (Å²) in [6.45, 7) is 8.61. The number of nitriles is 1. The lowest BCUT2D eigenvalue weighted by molar-refractivity contribution is 0.270. The van der Waals surface area contributed by atoms with Crippen LogP contribution in [0.1, 0.15) is 31.1 Å². The lowest BCUT2D eigenvalue weighted by Crippen LogP contribution is -2.48. The van der Waals surface area contributed by atoms with Crippen LogP contribution in [0.4, 0.5) is 5.82 Å². The summed E-state index contributed by atoms with van der Waals surface area (Å²) >= 11 is 0. The average Bonchev–Trinajstić information content (AvgIpc) is 3.37. The molecule has 1 aliphatic heterocycles. The minimum Gasteiger partial charge on any atom is -0.492 e. The van der Waals surface area contributed by atoms with E-state index in [-0.39, 0.29) is 0 Å². The molecular weight excluding hydrogens is 402 g/mol. The molecule has 0 N–H and O–H groups in total. The van der Waals surface area contributed by atoms with Crippen LogP contribution in [-0.4, -0.2) is 44.1 Å². The molecule has 8 nitrogen and oxygen atoms in total. The molecule has 1 saturated heterocycles. The second-order valence-electron chi connectivity index (χ2n) is 8.66. The Hall–Kier alpha value is -3.86. The number of aryl methyl sites for hydroxylation is 1. The molecule has 1 aliphatic rings. The maximum absolute atomic E-state index is 9.55. The van der Waals surface area contributed by atoms with Gasteiger partial charge in [-0.2, -0.15) is 15.5 Å². The number of anilines is 1. The minimum atomic E-state index is 0.379. The molecule has 32 heavy (non-hydrogen) atoms. The predicted molar refractivity (Wildman–Crippen MR) is 122 cm³/mol. The van der Waals surface area contributed by atoms with E-state index in [2.05, 4.69) is 35.0 Å². The maximum Gasteiger partial charge on any atom is 0.138 e. The van der Waals surface area contributed by atoms with E-state index < -0.39 is 0 Å². The van der Waals surface area contributed by atoms with Crippen LogP contribution in [0.5, 0.6) is 5.75 Å². The summed E-state index contributed by atoms with van der Waals surface area (Å²) in [6, 6.07) is 10.7. The number of hydrogen-bond donors (Lipinski definition) is 0. The van der Waals surface area contributed by atoms with Crippen LogP contribution in [-0.2, 0) is 0 Å². The Morgan fingerprint density at radius 1 is 1.22 bits per heavy atom. The quantitative estimate of drug-likeness (QED) is 0.464. The third-order valence-corrected chi connectivity index (χ3v) is 5.65. The van der Waals surface area contributed by atoms with Crippen molar-refractivity contribution in [2.45, 2.75) is 26.8 Å². The highest BCUT2D eigenvalue weighted by atomic mass is 16.5. The highest BCUT2D eigenvalue weighted by Crippen LogP contribution is 2.32. The zero-order valence-electron chi connectivity index (χ0n) is 18.4. The van der Waals surface area contributed by atoms with Crippen molar-refractivity contribution in [2.75, 3.05) is 24.6 Å². The Labute approximate surface area is 186 Å². The van der Waals surface area contributed by atoms with Crippen LogP contribution in [0.2, 0.25) is 0 Å². The molecule has 162 valence electrons. The topological polar surface area (TPSA) is 84.3 Å². The van der Waals surface area contributed by atoms with Gasteiger partial charge < -0.3 is 9.64 Å². The second kappa shape index (κ2) is 8.00. The van der Waals surface area contributed by atoms with Crippen LogP contribution >= 0.6 is 0 Å². The van der Waals surface area contributed by atoms with Gasteiger partial charge in [0.25, 0.3) is 0 Å². The summed E-state index contributed by atoms with van der Waals surface area (Å²) in [7, 11) is 0. The normalized spacial score (nSPS) is 14.0. The zero-order chi connectivity index (χ0) is 22.2. The number of pyridine rings is 2. The number of rotatable bonds is 6.